The summed E-state index contributed by atoms with van der Waals surface area (Å²) in [7, 11) is 2.00. The van der Waals surface area contributed by atoms with E-state index in [2.05, 4.69) is 15.2 Å². The van der Waals surface area contributed by atoms with Crippen molar-refractivity contribution >= 4 is 11.5 Å². The molecular formula is C13H20N4O2. The van der Waals surface area contributed by atoms with E-state index in [0.717, 1.165) is 25.5 Å². The summed E-state index contributed by atoms with van der Waals surface area (Å²) in [5.41, 5.74) is 0.742. The van der Waals surface area contributed by atoms with Gasteiger partial charge in [-0.15, -0.1) is 0 Å². The predicted octanol–water partition coefficient (Wildman–Crippen LogP) is 1.73. The normalized spacial score (nSPS) is 16.3. The first-order chi connectivity index (χ1) is 9.08. The van der Waals surface area contributed by atoms with Gasteiger partial charge in [-0.25, -0.2) is 4.98 Å². The number of nitro groups is 1. The molecular weight excluding hydrogens is 244 g/mol. The molecule has 1 aromatic heterocycles. The third kappa shape index (κ3) is 3.41. The molecule has 0 aromatic carbocycles. The molecule has 1 fully saturated rings. The fourth-order valence-electron chi connectivity index (χ4n) is 2.48. The molecule has 104 valence electrons. The van der Waals surface area contributed by atoms with Gasteiger partial charge in [-0.3, -0.25) is 10.1 Å². The molecule has 0 atom stereocenters. The summed E-state index contributed by atoms with van der Waals surface area (Å²) in [5, 5.41) is 14.1. The van der Waals surface area contributed by atoms with Crippen molar-refractivity contribution in [1.29, 1.82) is 0 Å². The first kappa shape index (κ1) is 13.7. The molecule has 0 bridgehead atoms. The van der Waals surface area contributed by atoms with Crippen LogP contribution in [-0.4, -0.2) is 36.6 Å². The summed E-state index contributed by atoms with van der Waals surface area (Å²) < 4.78 is 0. The molecule has 1 aliphatic heterocycles. The van der Waals surface area contributed by atoms with E-state index in [1.54, 1.807) is 13.0 Å². The highest BCUT2D eigenvalue weighted by molar-refractivity contribution is 5.48. The topological polar surface area (TPSA) is 71.3 Å². The molecule has 0 amide bonds. The molecule has 6 nitrogen and oxygen atoms in total. The Kier molecular flexibility index (Phi) is 4.31. The summed E-state index contributed by atoms with van der Waals surface area (Å²) >= 11 is 0. The maximum Gasteiger partial charge on any atom is 0.290 e. The molecule has 0 aliphatic carbocycles. The smallest absolute Gasteiger partial charge is 0.290 e. The van der Waals surface area contributed by atoms with Crippen LogP contribution < -0.4 is 10.2 Å². The van der Waals surface area contributed by atoms with E-state index in [4.69, 9.17) is 0 Å². The van der Waals surface area contributed by atoms with Gasteiger partial charge in [-0.05, 0) is 44.8 Å². The Labute approximate surface area is 113 Å². The van der Waals surface area contributed by atoms with E-state index in [1.165, 1.54) is 19.0 Å². The Morgan fingerprint density at radius 1 is 1.53 bits per heavy atom. The third-order valence-corrected chi connectivity index (χ3v) is 3.65. The second-order valence-electron chi connectivity index (χ2n) is 5.16. The van der Waals surface area contributed by atoms with Gasteiger partial charge in [0.1, 0.15) is 12.0 Å². The van der Waals surface area contributed by atoms with Crippen molar-refractivity contribution < 1.29 is 4.92 Å². The number of nitrogens with one attached hydrogen (secondary N) is 1. The van der Waals surface area contributed by atoms with E-state index in [9.17, 15) is 10.1 Å². The summed E-state index contributed by atoms with van der Waals surface area (Å²) in [6, 6.07) is 1.79. The Morgan fingerprint density at radius 3 is 2.79 bits per heavy atom. The Hall–Kier alpha value is -1.69. The van der Waals surface area contributed by atoms with Crippen LogP contribution in [0.1, 0.15) is 18.4 Å². The Morgan fingerprint density at radius 2 is 2.21 bits per heavy atom. The van der Waals surface area contributed by atoms with E-state index in [0.29, 0.717) is 11.5 Å². The SMILES string of the molecule is Cc1cc(N(C)CC2CCNCC2)ncc1[N+](=O)[O-]. The van der Waals surface area contributed by atoms with Crippen LogP contribution in [0, 0.1) is 23.0 Å². The summed E-state index contributed by atoms with van der Waals surface area (Å²) in [4.78, 5) is 16.7. The van der Waals surface area contributed by atoms with Gasteiger partial charge in [0.15, 0.2) is 0 Å². The van der Waals surface area contributed by atoms with Gasteiger partial charge < -0.3 is 10.2 Å². The number of aromatic nitrogens is 1. The minimum Gasteiger partial charge on any atom is -0.359 e. The highest BCUT2D eigenvalue weighted by atomic mass is 16.6. The fraction of sp³-hybridized carbons (Fsp3) is 0.615. The molecule has 0 radical (unpaired) electrons. The van der Waals surface area contributed by atoms with Gasteiger partial charge >= 0.3 is 0 Å². The summed E-state index contributed by atoms with van der Waals surface area (Å²) in [6.07, 6.45) is 3.70. The van der Waals surface area contributed by atoms with Crippen molar-refractivity contribution in [2.75, 3.05) is 31.6 Å². The zero-order valence-electron chi connectivity index (χ0n) is 11.4. The van der Waals surface area contributed by atoms with Crippen LogP contribution in [0.2, 0.25) is 0 Å². The number of rotatable bonds is 4. The Balaban J connectivity index is 2.04. The van der Waals surface area contributed by atoms with Gasteiger partial charge in [0, 0.05) is 19.2 Å². The Bertz CT molecular complexity index is 458. The molecule has 0 spiro atoms. The highest BCUT2D eigenvalue weighted by Crippen LogP contribution is 2.22. The lowest BCUT2D eigenvalue weighted by Crippen LogP contribution is -2.34. The van der Waals surface area contributed by atoms with Gasteiger partial charge in [0.2, 0.25) is 0 Å². The minimum atomic E-state index is -0.390. The third-order valence-electron chi connectivity index (χ3n) is 3.65. The van der Waals surface area contributed by atoms with Gasteiger partial charge in [-0.1, -0.05) is 0 Å². The monoisotopic (exact) mass is 264 g/mol. The number of aryl methyl sites for hydroxylation is 1. The van der Waals surface area contributed by atoms with Crippen molar-refractivity contribution in [2.45, 2.75) is 19.8 Å². The van der Waals surface area contributed by atoms with Crippen molar-refractivity contribution in [3.05, 3.63) is 27.9 Å². The molecule has 1 aliphatic rings. The fourth-order valence-corrected chi connectivity index (χ4v) is 2.48. The number of anilines is 1. The number of pyridine rings is 1. The first-order valence-corrected chi connectivity index (χ1v) is 6.61. The largest absolute Gasteiger partial charge is 0.359 e. The zero-order chi connectivity index (χ0) is 13.8. The second-order valence-corrected chi connectivity index (χ2v) is 5.16. The quantitative estimate of drug-likeness (QED) is 0.662. The second kappa shape index (κ2) is 5.97. The standard InChI is InChI=1S/C13H20N4O2/c1-10-7-13(15-8-12(10)17(18)19)16(2)9-11-3-5-14-6-4-11/h7-8,11,14H,3-6,9H2,1-2H3. The number of piperidine rings is 1. The first-order valence-electron chi connectivity index (χ1n) is 6.61. The predicted molar refractivity (Wildman–Crippen MR) is 74.5 cm³/mol. The molecule has 1 saturated heterocycles. The van der Waals surface area contributed by atoms with Crippen LogP contribution in [0.4, 0.5) is 11.5 Å². The van der Waals surface area contributed by atoms with Crippen molar-refractivity contribution in [3.8, 4) is 0 Å². The van der Waals surface area contributed by atoms with Crippen LogP contribution in [0.5, 0.6) is 0 Å². The number of hydrogen-bond acceptors (Lipinski definition) is 5. The van der Waals surface area contributed by atoms with Gasteiger partial charge in [0.05, 0.1) is 4.92 Å². The number of hydrogen-bond donors (Lipinski definition) is 1. The molecule has 6 heteroatoms. The molecule has 1 aromatic rings. The lowest BCUT2D eigenvalue weighted by molar-refractivity contribution is -0.385. The molecule has 2 rings (SSSR count). The molecule has 2 heterocycles. The molecule has 19 heavy (non-hydrogen) atoms. The molecule has 0 unspecified atom stereocenters. The highest BCUT2D eigenvalue weighted by Gasteiger charge is 2.17. The lowest BCUT2D eigenvalue weighted by Gasteiger charge is -2.28. The average molecular weight is 264 g/mol. The van der Waals surface area contributed by atoms with Gasteiger partial charge in [0.25, 0.3) is 5.69 Å². The lowest BCUT2D eigenvalue weighted by atomic mass is 9.98. The van der Waals surface area contributed by atoms with E-state index < -0.39 is 0 Å². The van der Waals surface area contributed by atoms with Crippen LogP contribution in [0.25, 0.3) is 0 Å². The molecule has 0 saturated carbocycles. The minimum absolute atomic E-state index is 0.0824. The van der Waals surface area contributed by atoms with E-state index in [-0.39, 0.29) is 10.6 Å². The number of nitrogens with zero attached hydrogens (tertiary/aromatic N) is 3. The van der Waals surface area contributed by atoms with Crippen LogP contribution in [0.3, 0.4) is 0 Å². The van der Waals surface area contributed by atoms with E-state index >= 15 is 0 Å². The van der Waals surface area contributed by atoms with Crippen LogP contribution in [0.15, 0.2) is 12.3 Å². The van der Waals surface area contributed by atoms with Crippen LogP contribution in [-0.2, 0) is 0 Å². The molecule has 1 N–H and O–H groups in total. The van der Waals surface area contributed by atoms with E-state index in [1.807, 2.05) is 7.05 Å². The summed E-state index contributed by atoms with van der Waals surface area (Å²) in [6.45, 7) is 4.85. The maximum absolute atomic E-state index is 10.8. The van der Waals surface area contributed by atoms with Crippen molar-refractivity contribution in [2.24, 2.45) is 5.92 Å². The van der Waals surface area contributed by atoms with Crippen molar-refractivity contribution in [1.82, 2.24) is 10.3 Å². The van der Waals surface area contributed by atoms with Crippen LogP contribution >= 0.6 is 0 Å². The zero-order valence-corrected chi connectivity index (χ0v) is 11.4. The summed E-state index contributed by atoms with van der Waals surface area (Å²) in [5.74, 6) is 1.48. The average Bonchev–Trinajstić information content (AvgIpc) is 2.39. The maximum atomic E-state index is 10.8. The van der Waals surface area contributed by atoms with Crippen molar-refractivity contribution in [3.63, 3.8) is 0 Å². The van der Waals surface area contributed by atoms with Gasteiger partial charge in [-0.2, -0.15) is 0 Å².